The van der Waals surface area contributed by atoms with Gasteiger partial charge in [0.2, 0.25) is 10.0 Å². The molecule has 0 heterocycles. The number of hydrogen-bond donors (Lipinski definition) is 2. The van der Waals surface area contributed by atoms with Gasteiger partial charge < -0.3 is 10.2 Å². The molecule has 0 aliphatic heterocycles. The number of amides is 2. The third kappa shape index (κ3) is 6.01. The second-order valence-corrected chi connectivity index (χ2v) is 9.20. The molecule has 0 saturated heterocycles. The number of carbonyl (C=O) groups is 1. The van der Waals surface area contributed by atoms with Crippen molar-refractivity contribution >= 4 is 73.1 Å². The van der Waals surface area contributed by atoms with Crippen LogP contribution in [0.5, 0.6) is 0 Å². The van der Waals surface area contributed by atoms with Crippen LogP contribution in [-0.2, 0) is 35.7 Å². The summed E-state index contributed by atoms with van der Waals surface area (Å²) in [4.78, 5) is 14.4. The number of benzene rings is 1. The SMILES string of the molecule is CCN(C)CCCS(=O)(=O)NC(=O)Nc1c2c(cc3c1CCC3)CCC2.[K]. The van der Waals surface area contributed by atoms with Gasteiger partial charge in [0.15, 0.2) is 0 Å². The van der Waals surface area contributed by atoms with Crippen LogP contribution in [0.15, 0.2) is 6.07 Å². The van der Waals surface area contributed by atoms with Gasteiger partial charge in [-0.1, -0.05) is 13.0 Å². The minimum Gasteiger partial charge on any atom is -0.307 e. The zero-order valence-corrected chi connectivity index (χ0v) is 20.7. The van der Waals surface area contributed by atoms with Crippen molar-refractivity contribution in [1.82, 2.24) is 9.62 Å². The molecule has 0 saturated carbocycles. The van der Waals surface area contributed by atoms with Crippen molar-refractivity contribution in [3.63, 3.8) is 0 Å². The minimum atomic E-state index is -3.62. The molecule has 8 heteroatoms. The van der Waals surface area contributed by atoms with Crippen LogP contribution < -0.4 is 10.0 Å². The van der Waals surface area contributed by atoms with Gasteiger partial charge in [0.05, 0.1) is 5.75 Å². The predicted octanol–water partition coefficient (Wildman–Crippen LogP) is 2.08. The van der Waals surface area contributed by atoms with Crippen LogP contribution in [0.25, 0.3) is 0 Å². The summed E-state index contributed by atoms with van der Waals surface area (Å²) in [7, 11) is -1.67. The maximum Gasteiger partial charge on any atom is 0.332 e. The zero-order valence-electron chi connectivity index (χ0n) is 16.7. The van der Waals surface area contributed by atoms with Crippen molar-refractivity contribution in [1.29, 1.82) is 0 Å². The normalized spacial score (nSPS) is 15.2. The molecule has 2 amide bonds. The summed E-state index contributed by atoms with van der Waals surface area (Å²) in [6, 6.07) is 1.65. The number of nitrogens with zero attached hydrogens (tertiary/aromatic N) is 1. The summed E-state index contributed by atoms with van der Waals surface area (Å²) in [6.07, 6.45) is 6.69. The first-order chi connectivity index (χ1) is 12.4. The van der Waals surface area contributed by atoms with Gasteiger partial charge >= 0.3 is 6.03 Å². The summed E-state index contributed by atoms with van der Waals surface area (Å²) in [5.74, 6) is -0.0459. The van der Waals surface area contributed by atoms with Gasteiger partial charge in [-0.15, -0.1) is 0 Å². The summed E-state index contributed by atoms with van der Waals surface area (Å²) in [6.45, 7) is 3.59. The summed E-state index contributed by atoms with van der Waals surface area (Å²) in [5.41, 5.74) is 5.88. The molecule has 27 heavy (non-hydrogen) atoms. The van der Waals surface area contributed by atoms with Crippen LogP contribution in [-0.4, -0.2) is 96.6 Å². The zero-order chi connectivity index (χ0) is 18.7. The smallest absolute Gasteiger partial charge is 0.307 e. The number of hydrogen-bond acceptors (Lipinski definition) is 4. The Morgan fingerprint density at radius 3 is 2.26 bits per heavy atom. The van der Waals surface area contributed by atoms with Crippen LogP contribution >= 0.6 is 0 Å². The Labute approximate surface area is 205 Å². The first-order valence-electron chi connectivity index (χ1n) is 9.56. The molecule has 1 aromatic rings. The van der Waals surface area contributed by atoms with Crippen LogP contribution in [0.3, 0.4) is 0 Å². The predicted molar refractivity (Wildman–Crippen MR) is 110 cm³/mol. The third-order valence-corrected chi connectivity index (χ3v) is 6.78. The van der Waals surface area contributed by atoms with E-state index in [1.807, 2.05) is 18.9 Å². The fourth-order valence-corrected chi connectivity index (χ4v) is 4.93. The van der Waals surface area contributed by atoms with E-state index in [1.165, 1.54) is 22.3 Å². The van der Waals surface area contributed by atoms with E-state index < -0.39 is 16.1 Å². The van der Waals surface area contributed by atoms with Gasteiger partial charge in [-0.3, -0.25) is 0 Å². The standard InChI is InChI=1S/C19H29N3O3S.K/c1-3-22(2)11-6-12-26(24,25)21-19(23)20-18-16-9-4-7-14(16)13-15-8-5-10-17(15)18;/h13H,3-12H2,1-2H3,(H2,20,21,23);. The number of carbonyl (C=O) groups excluding carboxylic acids is 1. The Morgan fingerprint density at radius 1 is 1.11 bits per heavy atom. The van der Waals surface area contributed by atoms with Crippen LogP contribution in [0.4, 0.5) is 10.5 Å². The summed E-state index contributed by atoms with van der Waals surface area (Å²) >= 11 is 0. The third-order valence-electron chi connectivity index (χ3n) is 5.45. The molecule has 0 atom stereocenters. The fourth-order valence-electron chi connectivity index (χ4n) is 3.98. The van der Waals surface area contributed by atoms with Crippen molar-refractivity contribution in [2.75, 3.05) is 31.2 Å². The topological polar surface area (TPSA) is 78.5 Å². The average molecular weight is 419 g/mol. The maximum atomic E-state index is 12.4. The largest absolute Gasteiger partial charge is 0.332 e. The number of nitrogens with one attached hydrogen (secondary N) is 2. The Bertz CT molecular complexity index is 764. The number of rotatable bonds is 7. The number of anilines is 1. The maximum absolute atomic E-state index is 12.4. The van der Waals surface area contributed by atoms with Gasteiger partial charge in [0.1, 0.15) is 0 Å². The molecular weight excluding hydrogens is 389 g/mol. The number of urea groups is 1. The van der Waals surface area contributed by atoms with E-state index in [9.17, 15) is 13.2 Å². The minimum absolute atomic E-state index is 0. The summed E-state index contributed by atoms with van der Waals surface area (Å²) < 4.78 is 26.5. The van der Waals surface area contributed by atoms with Gasteiger partial charge in [0.25, 0.3) is 0 Å². The van der Waals surface area contributed by atoms with E-state index in [-0.39, 0.29) is 57.1 Å². The molecule has 145 valence electrons. The van der Waals surface area contributed by atoms with Gasteiger partial charge in [-0.2, -0.15) is 0 Å². The average Bonchev–Trinajstić information content (AvgIpc) is 3.22. The molecule has 1 aromatic carbocycles. The Hall–Kier alpha value is 0.0364. The second-order valence-electron chi connectivity index (χ2n) is 7.36. The van der Waals surface area contributed by atoms with Gasteiger partial charge in [0, 0.05) is 57.1 Å². The van der Waals surface area contributed by atoms with E-state index in [4.69, 9.17) is 0 Å². The van der Waals surface area contributed by atoms with Crippen molar-refractivity contribution in [3.8, 4) is 0 Å². The van der Waals surface area contributed by atoms with E-state index in [2.05, 4.69) is 16.1 Å². The number of aryl methyl sites for hydroxylation is 2. The van der Waals surface area contributed by atoms with E-state index >= 15 is 0 Å². The molecule has 2 aliphatic rings. The quantitative estimate of drug-likeness (QED) is 0.665. The molecule has 0 aromatic heterocycles. The van der Waals surface area contributed by atoms with Crippen molar-refractivity contribution < 1.29 is 13.2 Å². The fraction of sp³-hybridized carbons (Fsp3) is 0.632. The Balaban J connectivity index is 0.00000261. The van der Waals surface area contributed by atoms with E-state index in [0.29, 0.717) is 13.0 Å². The molecule has 1 radical (unpaired) electrons. The van der Waals surface area contributed by atoms with Crippen LogP contribution in [0.2, 0.25) is 0 Å². The number of sulfonamides is 1. The number of fused-ring (bicyclic) bond motifs is 2. The van der Waals surface area contributed by atoms with Crippen LogP contribution in [0, 0.1) is 0 Å². The first kappa shape index (κ1) is 23.3. The molecule has 3 rings (SSSR count). The molecule has 2 aliphatic carbocycles. The molecule has 0 bridgehead atoms. The first-order valence-corrected chi connectivity index (χ1v) is 11.2. The molecular formula is C19H29KN3O3S. The van der Waals surface area contributed by atoms with Crippen molar-refractivity contribution in [2.24, 2.45) is 0 Å². The van der Waals surface area contributed by atoms with Crippen LogP contribution in [0.1, 0.15) is 48.4 Å². The van der Waals surface area contributed by atoms with Crippen molar-refractivity contribution in [2.45, 2.75) is 51.9 Å². The molecule has 0 spiro atoms. The van der Waals surface area contributed by atoms with Crippen molar-refractivity contribution in [3.05, 3.63) is 28.3 Å². The summed E-state index contributed by atoms with van der Waals surface area (Å²) in [5, 5.41) is 2.87. The molecule has 6 nitrogen and oxygen atoms in total. The second kappa shape index (κ2) is 10.2. The van der Waals surface area contributed by atoms with E-state index in [0.717, 1.165) is 50.8 Å². The molecule has 0 unspecified atom stereocenters. The Kier molecular flexibility index (Phi) is 8.79. The van der Waals surface area contributed by atoms with E-state index in [1.54, 1.807) is 0 Å². The Morgan fingerprint density at radius 2 is 1.70 bits per heavy atom. The molecule has 0 fully saturated rings. The van der Waals surface area contributed by atoms with Gasteiger partial charge in [-0.25, -0.2) is 17.9 Å². The monoisotopic (exact) mass is 418 g/mol. The molecule has 2 N–H and O–H groups in total. The van der Waals surface area contributed by atoms with Gasteiger partial charge in [-0.05, 0) is 87.3 Å².